The molecule has 6 nitrogen and oxygen atoms in total. The van der Waals surface area contributed by atoms with Gasteiger partial charge in [-0.1, -0.05) is 54.1 Å². The molecule has 0 aliphatic rings. The van der Waals surface area contributed by atoms with Crippen LogP contribution in [0.15, 0.2) is 66.7 Å². The molecule has 0 aromatic heterocycles. The van der Waals surface area contributed by atoms with Gasteiger partial charge in [-0.2, -0.15) is 0 Å². The van der Waals surface area contributed by atoms with Crippen molar-refractivity contribution >= 4 is 34.2 Å². The second kappa shape index (κ2) is 9.91. The molecule has 29 heavy (non-hydrogen) atoms. The van der Waals surface area contributed by atoms with E-state index in [1.807, 2.05) is 31.2 Å². The second-order valence-corrected chi connectivity index (χ2v) is 6.95. The lowest BCUT2D eigenvalue weighted by Gasteiger charge is -2.16. The van der Waals surface area contributed by atoms with Crippen LogP contribution in [0.5, 0.6) is 5.75 Å². The van der Waals surface area contributed by atoms with Gasteiger partial charge in [-0.05, 0) is 47.5 Å². The number of ether oxygens (including phenoxy) is 1. The van der Waals surface area contributed by atoms with Gasteiger partial charge in [0, 0.05) is 11.1 Å². The quantitative estimate of drug-likeness (QED) is 0.521. The van der Waals surface area contributed by atoms with E-state index in [0.717, 1.165) is 16.3 Å². The Morgan fingerprint density at radius 3 is 2.41 bits per heavy atom. The van der Waals surface area contributed by atoms with Gasteiger partial charge in [-0.3, -0.25) is 20.4 Å². The Morgan fingerprint density at radius 1 is 0.931 bits per heavy atom. The maximum absolute atomic E-state index is 12.0. The zero-order valence-electron chi connectivity index (χ0n) is 15.9. The molecule has 0 heterocycles. The number of carbonyl (C=O) groups excluding carboxylic acids is 2. The van der Waals surface area contributed by atoms with Crippen molar-refractivity contribution in [1.29, 1.82) is 0 Å². The molecule has 0 fully saturated rings. The van der Waals surface area contributed by atoms with E-state index in [0.29, 0.717) is 10.8 Å². The maximum atomic E-state index is 12.0. The van der Waals surface area contributed by atoms with Gasteiger partial charge in [0.05, 0.1) is 6.54 Å². The molecule has 3 N–H and O–H groups in total. The zero-order chi connectivity index (χ0) is 20.6. The summed E-state index contributed by atoms with van der Waals surface area (Å²) in [6.45, 7) is 1.83. The maximum Gasteiger partial charge on any atom is 0.276 e. The van der Waals surface area contributed by atoms with Crippen LogP contribution in [0.1, 0.15) is 18.5 Å². The summed E-state index contributed by atoms with van der Waals surface area (Å²) in [4.78, 5) is 23.8. The summed E-state index contributed by atoms with van der Waals surface area (Å²) in [5, 5.41) is 6.04. The molecule has 0 bridgehead atoms. The molecule has 0 saturated heterocycles. The van der Waals surface area contributed by atoms with Gasteiger partial charge >= 0.3 is 0 Å². The van der Waals surface area contributed by atoms with E-state index >= 15 is 0 Å². The molecule has 0 aliphatic carbocycles. The van der Waals surface area contributed by atoms with E-state index < -0.39 is 5.91 Å². The summed E-state index contributed by atoms with van der Waals surface area (Å²) < 4.78 is 5.31. The minimum absolute atomic E-state index is 0.0317. The number of hydrogen-bond acceptors (Lipinski definition) is 4. The number of hydrazine groups is 1. The second-order valence-electron chi connectivity index (χ2n) is 6.51. The van der Waals surface area contributed by atoms with Gasteiger partial charge in [-0.25, -0.2) is 0 Å². The summed E-state index contributed by atoms with van der Waals surface area (Å²) >= 11 is 5.79. The Bertz CT molecular complexity index is 987. The molecule has 2 amide bonds. The minimum Gasteiger partial charge on any atom is -0.484 e. The highest BCUT2D eigenvalue weighted by Crippen LogP contribution is 2.23. The molecule has 0 spiro atoms. The SMILES string of the molecule is C[C@@H](NCC(=O)NNC(=O)COc1ccc(Cl)cc1)c1cccc2ccccc12. The molecule has 3 rings (SSSR count). The lowest BCUT2D eigenvalue weighted by atomic mass is 10.00. The van der Waals surface area contributed by atoms with E-state index in [1.54, 1.807) is 24.3 Å². The summed E-state index contributed by atoms with van der Waals surface area (Å²) in [5.74, 6) is -0.297. The van der Waals surface area contributed by atoms with Crippen LogP contribution < -0.4 is 20.9 Å². The number of nitrogens with one attached hydrogen (secondary N) is 3. The molecule has 150 valence electrons. The van der Waals surface area contributed by atoms with Crippen molar-refractivity contribution < 1.29 is 14.3 Å². The first kappa shape index (κ1) is 20.6. The van der Waals surface area contributed by atoms with Crippen molar-refractivity contribution in [2.45, 2.75) is 13.0 Å². The van der Waals surface area contributed by atoms with Crippen LogP contribution in [0.4, 0.5) is 0 Å². The number of halogens is 1. The zero-order valence-corrected chi connectivity index (χ0v) is 16.7. The predicted octanol–water partition coefficient (Wildman–Crippen LogP) is 3.37. The Labute approximate surface area is 174 Å². The fourth-order valence-electron chi connectivity index (χ4n) is 2.88. The van der Waals surface area contributed by atoms with Crippen molar-refractivity contribution in [1.82, 2.24) is 16.2 Å². The van der Waals surface area contributed by atoms with Crippen LogP contribution in [-0.4, -0.2) is 25.0 Å². The van der Waals surface area contributed by atoms with Crippen LogP contribution in [0, 0.1) is 0 Å². The van der Waals surface area contributed by atoms with Crippen molar-refractivity contribution in [3.05, 3.63) is 77.3 Å². The third-order valence-corrected chi connectivity index (χ3v) is 4.64. The van der Waals surface area contributed by atoms with E-state index in [-0.39, 0.29) is 25.1 Å². The predicted molar refractivity (Wildman–Crippen MR) is 114 cm³/mol. The van der Waals surface area contributed by atoms with Gasteiger partial charge in [0.2, 0.25) is 0 Å². The van der Waals surface area contributed by atoms with Crippen LogP contribution in [0.25, 0.3) is 10.8 Å². The lowest BCUT2D eigenvalue weighted by molar-refractivity contribution is -0.129. The number of benzene rings is 3. The summed E-state index contributed by atoms with van der Waals surface area (Å²) in [6, 6.07) is 20.8. The standard InChI is InChI=1S/C22H22ClN3O3/c1-15(19-8-4-6-16-5-2-3-7-20(16)19)24-13-21(27)25-26-22(28)14-29-18-11-9-17(23)10-12-18/h2-12,15,24H,13-14H2,1H3,(H,25,27)(H,26,28)/t15-/m1/s1. The van der Waals surface area contributed by atoms with Crippen LogP contribution in [-0.2, 0) is 9.59 Å². The van der Waals surface area contributed by atoms with Crippen LogP contribution in [0.2, 0.25) is 5.02 Å². The Kier molecular flexibility index (Phi) is 7.05. The molecule has 0 radical (unpaired) electrons. The summed E-state index contributed by atoms with van der Waals surface area (Å²) in [7, 11) is 0. The van der Waals surface area contributed by atoms with Crippen molar-refractivity contribution in [2.24, 2.45) is 0 Å². The largest absolute Gasteiger partial charge is 0.484 e. The monoisotopic (exact) mass is 411 g/mol. The number of carbonyl (C=O) groups is 2. The van der Waals surface area contributed by atoms with Crippen LogP contribution in [0.3, 0.4) is 0 Å². The number of fused-ring (bicyclic) bond motifs is 1. The Hall–Kier alpha value is -3.09. The summed E-state index contributed by atoms with van der Waals surface area (Å²) in [6.07, 6.45) is 0. The van der Waals surface area contributed by atoms with Gasteiger partial charge in [0.1, 0.15) is 5.75 Å². The highest BCUT2D eigenvalue weighted by atomic mass is 35.5. The molecular weight excluding hydrogens is 390 g/mol. The van der Waals surface area contributed by atoms with E-state index in [9.17, 15) is 9.59 Å². The van der Waals surface area contributed by atoms with Crippen molar-refractivity contribution in [3.8, 4) is 5.75 Å². The van der Waals surface area contributed by atoms with Crippen LogP contribution >= 0.6 is 11.6 Å². The van der Waals surface area contributed by atoms with Gasteiger partial charge < -0.3 is 10.1 Å². The first-order valence-corrected chi connectivity index (χ1v) is 9.58. The normalized spacial score (nSPS) is 11.7. The number of rotatable bonds is 7. The number of amides is 2. The van der Waals surface area contributed by atoms with E-state index in [2.05, 4.69) is 34.4 Å². The fourth-order valence-corrected chi connectivity index (χ4v) is 3.01. The average Bonchev–Trinajstić information content (AvgIpc) is 2.75. The van der Waals surface area contributed by atoms with Crippen molar-refractivity contribution in [3.63, 3.8) is 0 Å². The molecule has 3 aromatic carbocycles. The molecule has 0 saturated carbocycles. The van der Waals surface area contributed by atoms with Gasteiger partial charge in [0.25, 0.3) is 11.8 Å². The minimum atomic E-state index is -0.463. The first-order valence-electron chi connectivity index (χ1n) is 9.20. The Morgan fingerprint density at radius 2 is 1.62 bits per heavy atom. The lowest BCUT2D eigenvalue weighted by Crippen LogP contribution is -2.47. The third kappa shape index (κ3) is 5.94. The Balaban J connectivity index is 1.42. The first-order chi connectivity index (χ1) is 14.0. The van der Waals surface area contributed by atoms with E-state index in [1.165, 1.54) is 0 Å². The smallest absolute Gasteiger partial charge is 0.276 e. The molecule has 0 unspecified atom stereocenters. The van der Waals surface area contributed by atoms with Gasteiger partial charge in [0.15, 0.2) is 6.61 Å². The fraction of sp³-hybridized carbons (Fsp3) is 0.182. The molecule has 7 heteroatoms. The molecular formula is C22H22ClN3O3. The topological polar surface area (TPSA) is 79.5 Å². The van der Waals surface area contributed by atoms with Crippen molar-refractivity contribution in [2.75, 3.05) is 13.2 Å². The molecule has 3 aromatic rings. The molecule has 0 aliphatic heterocycles. The molecule has 1 atom stereocenters. The highest BCUT2D eigenvalue weighted by molar-refractivity contribution is 6.30. The third-order valence-electron chi connectivity index (χ3n) is 4.38. The number of hydrogen-bond donors (Lipinski definition) is 3. The van der Waals surface area contributed by atoms with E-state index in [4.69, 9.17) is 16.3 Å². The van der Waals surface area contributed by atoms with Gasteiger partial charge in [-0.15, -0.1) is 0 Å². The summed E-state index contributed by atoms with van der Waals surface area (Å²) in [5.41, 5.74) is 5.81. The average molecular weight is 412 g/mol. The highest BCUT2D eigenvalue weighted by Gasteiger charge is 2.11.